The zero-order valence-electron chi connectivity index (χ0n) is 20.9. The highest BCUT2D eigenvalue weighted by atomic mass is 31.2. The van der Waals surface area contributed by atoms with Gasteiger partial charge in [0.2, 0.25) is 0 Å². The molecule has 2 aromatic heterocycles. The lowest BCUT2D eigenvalue weighted by Gasteiger charge is -2.42. The molecule has 13 heteroatoms. The fourth-order valence-corrected chi connectivity index (χ4v) is 6.78. The molecule has 2 aliphatic heterocycles. The standard InChI is InChI=1S/C24H32N5O7P/c1-4-24(5-2)11-16(15-9-7-6-8-10-15)35-37(32,36-24)33-12-17-19(30)23(3,31)22(34-17)29-14-28-18-20(25)26-13-27-21(18)29/h6-10,13-14,16-17,19,22,30-31H,4-5,11-12H2,1-3H3,(H2,25,26,27)/t16-,17+,19+,22+,23+,37+/m0/s1. The summed E-state index contributed by atoms with van der Waals surface area (Å²) in [4.78, 5) is 12.3. The van der Waals surface area contributed by atoms with Crippen molar-refractivity contribution < 1.29 is 33.1 Å². The Morgan fingerprint density at radius 1 is 1.22 bits per heavy atom. The zero-order valence-corrected chi connectivity index (χ0v) is 21.8. The molecule has 2 aliphatic rings. The minimum Gasteiger partial charge on any atom is -0.387 e. The Hall–Kier alpha value is -2.44. The van der Waals surface area contributed by atoms with Crippen molar-refractivity contribution in [3.05, 3.63) is 48.5 Å². The van der Waals surface area contributed by atoms with Crippen molar-refractivity contribution in [1.29, 1.82) is 0 Å². The number of nitrogen functional groups attached to an aromatic ring is 1. The maximum Gasteiger partial charge on any atom is 0.476 e. The van der Waals surface area contributed by atoms with Crippen LogP contribution in [0.2, 0.25) is 0 Å². The SMILES string of the molecule is CCC1(CC)C[C@@H](c2ccccc2)O[P@@](=O)(OC[C@H]2O[C@@H](n3cnc4c(N)ncnc43)[C@](C)(O)[C@@H]2O)O1. The number of aliphatic hydroxyl groups excluding tert-OH is 1. The second-order valence-electron chi connectivity index (χ2n) is 9.71. The maximum atomic E-state index is 13.8. The second kappa shape index (κ2) is 9.70. The van der Waals surface area contributed by atoms with E-state index in [0.717, 1.165) is 5.56 Å². The number of aliphatic hydroxyl groups is 2. The molecule has 0 amide bonds. The second-order valence-corrected chi connectivity index (χ2v) is 11.3. The molecule has 0 spiro atoms. The van der Waals surface area contributed by atoms with Gasteiger partial charge in [0, 0.05) is 6.42 Å². The number of fused-ring (bicyclic) bond motifs is 1. The highest BCUT2D eigenvalue weighted by molar-refractivity contribution is 7.48. The molecule has 12 nitrogen and oxygen atoms in total. The highest BCUT2D eigenvalue weighted by Crippen LogP contribution is 2.63. The number of rotatable bonds is 7. The molecule has 4 N–H and O–H groups in total. The number of phosphoric ester groups is 1. The van der Waals surface area contributed by atoms with E-state index in [4.69, 9.17) is 24.0 Å². The van der Waals surface area contributed by atoms with Crippen molar-refractivity contribution in [2.45, 2.75) is 75.8 Å². The molecule has 6 atom stereocenters. The molecule has 4 heterocycles. The maximum absolute atomic E-state index is 13.8. The van der Waals surface area contributed by atoms with Crippen LogP contribution < -0.4 is 5.73 Å². The molecule has 0 radical (unpaired) electrons. The summed E-state index contributed by atoms with van der Waals surface area (Å²) in [7, 11) is -4.06. The minimum atomic E-state index is -4.06. The average molecular weight is 534 g/mol. The Kier molecular flexibility index (Phi) is 6.86. The lowest BCUT2D eigenvalue weighted by Crippen LogP contribution is -2.44. The quantitative estimate of drug-likeness (QED) is 0.382. The van der Waals surface area contributed by atoms with E-state index in [1.807, 2.05) is 44.2 Å². The molecule has 1 aromatic carbocycles. The lowest BCUT2D eigenvalue weighted by molar-refractivity contribution is -0.0995. The number of nitrogens with two attached hydrogens (primary N) is 1. The third-order valence-electron chi connectivity index (χ3n) is 7.37. The van der Waals surface area contributed by atoms with Gasteiger partial charge < -0.3 is 20.7 Å². The molecule has 5 rings (SSSR count). The summed E-state index contributed by atoms with van der Waals surface area (Å²) in [5.41, 5.74) is 4.96. The first-order valence-electron chi connectivity index (χ1n) is 12.3. The van der Waals surface area contributed by atoms with Crippen LogP contribution in [0.3, 0.4) is 0 Å². The summed E-state index contributed by atoms with van der Waals surface area (Å²) in [5, 5.41) is 22.1. The van der Waals surface area contributed by atoms with Crippen LogP contribution in [0.15, 0.2) is 43.0 Å². The van der Waals surface area contributed by atoms with Crippen LogP contribution in [0.25, 0.3) is 11.2 Å². The van der Waals surface area contributed by atoms with Crippen molar-refractivity contribution in [2.24, 2.45) is 0 Å². The Morgan fingerprint density at radius 3 is 2.65 bits per heavy atom. The third kappa shape index (κ3) is 4.67. The number of hydrogen-bond acceptors (Lipinski definition) is 11. The van der Waals surface area contributed by atoms with E-state index in [9.17, 15) is 14.8 Å². The fourth-order valence-electron chi connectivity index (χ4n) is 4.98. The van der Waals surface area contributed by atoms with Crippen LogP contribution in [-0.4, -0.2) is 59.7 Å². The molecule has 2 fully saturated rings. The Balaban J connectivity index is 1.37. The molecule has 0 bridgehead atoms. The number of imidazole rings is 1. The van der Waals surface area contributed by atoms with Crippen LogP contribution in [-0.2, 0) is 22.9 Å². The lowest BCUT2D eigenvalue weighted by atomic mass is 9.88. The van der Waals surface area contributed by atoms with Gasteiger partial charge in [-0.1, -0.05) is 44.2 Å². The average Bonchev–Trinajstić information content (AvgIpc) is 3.42. The third-order valence-corrected chi connectivity index (χ3v) is 8.96. The minimum absolute atomic E-state index is 0.176. The van der Waals surface area contributed by atoms with Gasteiger partial charge in [0.15, 0.2) is 17.7 Å². The molecule has 0 saturated carbocycles. The predicted octanol–water partition coefficient (Wildman–Crippen LogP) is 3.28. The van der Waals surface area contributed by atoms with E-state index in [0.29, 0.717) is 30.4 Å². The van der Waals surface area contributed by atoms with Gasteiger partial charge in [0.05, 0.1) is 24.6 Å². The predicted molar refractivity (Wildman–Crippen MR) is 133 cm³/mol. The largest absolute Gasteiger partial charge is 0.476 e. The van der Waals surface area contributed by atoms with Gasteiger partial charge in [0.1, 0.15) is 29.7 Å². The van der Waals surface area contributed by atoms with Crippen LogP contribution in [0.1, 0.15) is 57.9 Å². The molecule has 200 valence electrons. The number of benzene rings is 1. The highest BCUT2D eigenvalue weighted by Gasteiger charge is 2.55. The fraction of sp³-hybridized carbons (Fsp3) is 0.542. The molecular formula is C24H32N5O7P. The summed E-state index contributed by atoms with van der Waals surface area (Å²) in [6.45, 7) is 5.02. The van der Waals surface area contributed by atoms with E-state index < -0.39 is 43.6 Å². The number of hydrogen-bond donors (Lipinski definition) is 3. The first kappa shape index (κ1) is 26.2. The van der Waals surface area contributed by atoms with Crippen molar-refractivity contribution in [3.63, 3.8) is 0 Å². The van der Waals surface area contributed by atoms with E-state index in [1.165, 1.54) is 24.1 Å². The first-order chi connectivity index (χ1) is 17.6. The number of anilines is 1. The molecule has 0 unspecified atom stereocenters. The molecule has 0 aliphatic carbocycles. The smallest absolute Gasteiger partial charge is 0.387 e. The summed E-state index contributed by atoms with van der Waals surface area (Å²) in [6.07, 6.45) is 0.416. The van der Waals surface area contributed by atoms with Gasteiger partial charge in [-0.25, -0.2) is 19.5 Å². The number of phosphoric acid groups is 1. The van der Waals surface area contributed by atoms with Crippen molar-refractivity contribution >= 4 is 24.8 Å². The summed E-state index contributed by atoms with van der Waals surface area (Å²) in [5.74, 6) is 0.176. The topological polar surface area (TPSA) is 164 Å². The number of ether oxygens (including phenoxy) is 1. The van der Waals surface area contributed by atoms with Gasteiger partial charge in [-0.3, -0.25) is 18.1 Å². The Labute approximate surface area is 214 Å². The molecular weight excluding hydrogens is 501 g/mol. The van der Waals surface area contributed by atoms with Crippen LogP contribution in [0.4, 0.5) is 5.82 Å². The van der Waals surface area contributed by atoms with E-state index >= 15 is 0 Å². The number of aromatic nitrogens is 4. The van der Waals surface area contributed by atoms with Crippen LogP contribution in [0.5, 0.6) is 0 Å². The monoisotopic (exact) mass is 533 g/mol. The van der Waals surface area contributed by atoms with E-state index in [1.54, 1.807) is 0 Å². The van der Waals surface area contributed by atoms with Crippen LogP contribution in [0, 0.1) is 0 Å². The van der Waals surface area contributed by atoms with E-state index in [2.05, 4.69) is 15.0 Å². The van der Waals surface area contributed by atoms with Gasteiger partial charge in [-0.15, -0.1) is 0 Å². The normalized spacial score (nSPS) is 33.6. The van der Waals surface area contributed by atoms with Gasteiger partial charge in [-0.05, 0) is 25.3 Å². The van der Waals surface area contributed by atoms with Crippen molar-refractivity contribution in [1.82, 2.24) is 19.5 Å². The molecule has 2 saturated heterocycles. The summed E-state index contributed by atoms with van der Waals surface area (Å²) in [6, 6.07) is 9.50. The molecule has 3 aromatic rings. The van der Waals surface area contributed by atoms with E-state index in [-0.39, 0.29) is 12.4 Å². The Bertz CT molecular complexity index is 1300. The van der Waals surface area contributed by atoms with Crippen molar-refractivity contribution in [3.8, 4) is 0 Å². The number of nitrogens with zero attached hydrogens (tertiary/aromatic N) is 4. The summed E-state index contributed by atoms with van der Waals surface area (Å²) < 4.78 is 38.9. The first-order valence-corrected chi connectivity index (χ1v) is 13.7. The van der Waals surface area contributed by atoms with Crippen molar-refractivity contribution in [2.75, 3.05) is 12.3 Å². The van der Waals surface area contributed by atoms with Crippen LogP contribution >= 0.6 is 7.82 Å². The molecule has 37 heavy (non-hydrogen) atoms. The van der Waals surface area contributed by atoms with Gasteiger partial charge in [-0.2, -0.15) is 0 Å². The zero-order chi connectivity index (χ0) is 26.4. The summed E-state index contributed by atoms with van der Waals surface area (Å²) >= 11 is 0. The Morgan fingerprint density at radius 2 is 1.95 bits per heavy atom. The van der Waals surface area contributed by atoms with Gasteiger partial charge in [0.25, 0.3) is 0 Å². The van der Waals surface area contributed by atoms with Gasteiger partial charge >= 0.3 is 7.82 Å².